The van der Waals surface area contributed by atoms with E-state index >= 15 is 0 Å². The normalized spacial score (nSPS) is 14.3. The highest BCUT2D eigenvalue weighted by Gasteiger charge is 2.28. The van der Waals surface area contributed by atoms with Crippen molar-refractivity contribution in [3.8, 4) is 11.1 Å². The Morgan fingerprint density at radius 1 is 0.978 bits per heavy atom. The van der Waals surface area contributed by atoms with Crippen LogP contribution in [0.15, 0.2) is 60.7 Å². The molecule has 2 aromatic carbocycles. The van der Waals surface area contributed by atoms with Crippen molar-refractivity contribution in [3.63, 3.8) is 0 Å². The van der Waals surface area contributed by atoms with E-state index in [1.807, 2.05) is 80.3 Å². The molecule has 1 saturated heterocycles. The quantitative estimate of drug-likeness (QED) is 0.228. The van der Waals surface area contributed by atoms with Crippen LogP contribution in [0.5, 0.6) is 0 Å². The lowest BCUT2D eigenvalue weighted by Crippen LogP contribution is -2.49. The summed E-state index contributed by atoms with van der Waals surface area (Å²) >= 11 is 1.52. The van der Waals surface area contributed by atoms with E-state index in [0.717, 1.165) is 32.6 Å². The topological polar surface area (TPSA) is 137 Å². The van der Waals surface area contributed by atoms with E-state index in [9.17, 15) is 19.5 Å². The maximum Gasteiger partial charge on any atom is 0.405 e. The predicted molar refractivity (Wildman–Crippen MR) is 176 cm³/mol. The Bertz CT molecular complexity index is 1660. The Balaban J connectivity index is 1.31. The number of anilines is 2. The van der Waals surface area contributed by atoms with Crippen LogP contribution in [-0.4, -0.2) is 82.3 Å². The summed E-state index contributed by atoms with van der Waals surface area (Å²) in [7, 11) is 0. The molecule has 0 aliphatic carbocycles. The number of carboxylic acid groups (broad SMARTS) is 1. The molecule has 1 aliphatic heterocycles. The average molecular weight is 631 g/mol. The molecule has 0 radical (unpaired) electrons. The Morgan fingerprint density at radius 2 is 1.64 bits per heavy atom. The molecule has 5 rings (SSSR count). The van der Waals surface area contributed by atoms with Gasteiger partial charge in [0.05, 0.1) is 17.6 Å². The van der Waals surface area contributed by atoms with E-state index < -0.39 is 23.6 Å². The van der Waals surface area contributed by atoms with Gasteiger partial charge in [0.2, 0.25) is 5.95 Å². The second-order valence-corrected chi connectivity index (χ2v) is 12.9. The number of nitrogens with zero attached hydrogens (tertiary/aromatic N) is 4. The third-order valence-electron chi connectivity index (χ3n) is 7.41. The van der Waals surface area contributed by atoms with Crippen LogP contribution in [0.3, 0.4) is 0 Å². The maximum atomic E-state index is 13.4. The zero-order valence-corrected chi connectivity index (χ0v) is 26.7. The van der Waals surface area contributed by atoms with Crippen LogP contribution in [0.1, 0.15) is 42.9 Å². The number of carbonyl (C=O) groups is 3. The zero-order chi connectivity index (χ0) is 32.1. The molecule has 1 unspecified atom stereocenters. The number of piperazine rings is 1. The number of hydrogen-bond acceptors (Lipinski definition) is 8. The van der Waals surface area contributed by atoms with Crippen LogP contribution in [0.25, 0.3) is 21.3 Å². The molecule has 4 aromatic rings. The van der Waals surface area contributed by atoms with Gasteiger partial charge in [0.25, 0.3) is 11.8 Å². The number of benzene rings is 2. The zero-order valence-electron chi connectivity index (χ0n) is 25.9. The molecule has 12 heteroatoms. The molecule has 3 heterocycles. The van der Waals surface area contributed by atoms with Crippen molar-refractivity contribution in [3.05, 3.63) is 71.1 Å². The Hall–Kier alpha value is -4.55. The molecule has 236 valence electrons. The lowest BCUT2D eigenvalue weighted by molar-refractivity contribution is -0.121. The highest BCUT2D eigenvalue weighted by molar-refractivity contribution is 7.18. The van der Waals surface area contributed by atoms with E-state index in [2.05, 4.69) is 33.5 Å². The van der Waals surface area contributed by atoms with Crippen molar-refractivity contribution >= 4 is 51.2 Å². The summed E-state index contributed by atoms with van der Waals surface area (Å²) in [5.41, 5.74) is 2.23. The van der Waals surface area contributed by atoms with Crippen molar-refractivity contribution in [2.75, 3.05) is 43.0 Å². The molecule has 1 atom stereocenters. The van der Waals surface area contributed by atoms with Gasteiger partial charge in [0.1, 0.15) is 16.7 Å². The van der Waals surface area contributed by atoms with Crippen LogP contribution in [0.2, 0.25) is 0 Å². The van der Waals surface area contributed by atoms with Crippen molar-refractivity contribution in [1.29, 1.82) is 0 Å². The number of aryl methyl sites for hydroxylation is 1. The highest BCUT2D eigenvalue weighted by atomic mass is 32.1. The number of fused-ring (bicyclic) bond motifs is 1. The fourth-order valence-electron chi connectivity index (χ4n) is 5.03. The number of carbonyl (C=O) groups excluding carboxylic acids is 2. The van der Waals surface area contributed by atoms with Gasteiger partial charge < -0.3 is 25.0 Å². The number of nitrogens with one attached hydrogen (secondary N) is 2. The van der Waals surface area contributed by atoms with Crippen molar-refractivity contribution in [2.45, 2.75) is 45.8 Å². The van der Waals surface area contributed by atoms with Crippen molar-refractivity contribution in [2.24, 2.45) is 0 Å². The first-order valence-electron chi connectivity index (χ1n) is 14.9. The Morgan fingerprint density at radius 3 is 2.27 bits per heavy atom. The summed E-state index contributed by atoms with van der Waals surface area (Å²) in [6.45, 7) is 9.49. The van der Waals surface area contributed by atoms with Gasteiger partial charge in [-0.15, -0.1) is 11.3 Å². The number of amides is 3. The van der Waals surface area contributed by atoms with E-state index in [4.69, 9.17) is 9.72 Å². The number of aromatic nitrogens is 2. The van der Waals surface area contributed by atoms with Gasteiger partial charge >= 0.3 is 6.09 Å². The molecule has 0 spiro atoms. The van der Waals surface area contributed by atoms with Gasteiger partial charge in [-0.1, -0.05) is 49.4 Å². The van der Waals surface area contributed by atoms with Crippen LogP contribution in [-0.2, 0) is 16.0 Å². The van der Waals surface area contributed by atoms with Crippen LogP contribution >= 0.6 is 11.3 Å². The average Bonchev–Trinajstić information content (AvgIpc) is 3.46. The first-order chi connectivity index (χ1) is 21.5. The third-order valence-corrected chi connectivity index (χ3v) is 8.58. The van der Waals surface area contributed by atoms with Crippen LogP contribution in [0.4, 0.5) is 16.6 Å². The van der Waals surface area contributed by atoms with Gasteiger partial charge in [-0.3, -0.25) is 14.9 Å². The van der Waals surface area contributed by atoms with Gasteiger partial charge in [-0.25, -0.2) is 9.78 Å². The SMILES string of the molecule is CCc1cc2c(N3CCN(C(=O)c4ccc(-c5ccccc5)cc4)CC3)nc(NC(=O)C(COC(C)(C)C)NC(=O)O)nc2s1. The maximum absolute atomic E-state index is 13.4. The molecular formula is C33H38N6O5S. The second-order valence-electron chi connectivity index (χ2n) is 11.8. The predicted octanol–water partition coefficient (Wildman–Crippen LogP) is 5.27. The van der Waals surface area contributed by atoms with Gasteiger partial charge in [0, 0.05) is 36.6 Å². The van der Waals surface area contributed by atoms with E-state index in [1.165, 1.54) is 11.3 Å². The summed E-state index contributed by atoms with van der Waals surface area (Å²) in [6, 6.07) is 18.6. The number of rotatable bonds is 9. The molecule has 0 bridgehead atoms. The summed E-state index contributed by atoms with van der Waals surface area (Å²) in [4.78, 5) is 53.0. The first kappa shape index (κ1) is 31.9. The van der Waals surface area contributed by atoms with Gasteiger partial charge in [-0.2, -0.15) is 4.98 Å². The van der Waals surface area contributed by atoms with E-state index in [0.29, 0.717) is 37.6 Å². The molecule has 2 aromatic heterocycles. The van der Waals surface area contributed by atoms with Crippen molar-refractivity contribution < 1.29 is 24.2 Å². The molecular weight excluding hydrogens is 592 g/mol. The minimum atomic E-state index is -1.34. The minimum Gasteiger partial charge on any atom is -0.465 e. The standard InChI is InChI=1S/C33H38N6O5S/c1-5-24-19-25-27(35-31(37-29(25)45-24)36-28(40)26(34-32(42)43)20-44-33(2,3)4)38-15-17-39(18-16-38)30(41)23-13-11-22(12-14-23)21-9-7-6-8-10-21/h6-14,19,26,34H,5,15-18,20H2,1-4H3,(H,42,43)(H,35,36,37,40). The molecule has 45 heavy (non-hydrogen) atoms. The van der Waals surface area contributed by atoms with Crippen molar-refractivity contribution in [1.82, 2.24) is 20.2 Å². The number of thiophene rings is 1. The summed E-state index contributed by atoms with van der Waals surface area (Å²) in [5, 5.41) is 15.1. The fourth-order valence-corrected chi connectivity index (χ4v) is 5.99. The molecule has 3 amide bonds. The first-order valence-corrected chi connectivity index (χ1v) is 15.8. The summed E-state index contributed by atoms with van der Waals surface area (Å²) in [5.74, 6) is 0.109. The fraction of sp³-hybridized carbons (Fsp3) is 0.364. The number of ether oxygens (including phenoxy) is 1. The lowest BCUT2D eigenvalue weighted by Gasteiger charge is -2.35. The minimum absolute atomic E-state index is 0.0201. The highest BCUT2D eigenvalue weighted by Crippen LogP contribution is 2.33. The van der Waals surface area contributed by atoms with Crippen LogP contribution < -0.4 is 15.5 Å². The van der Waals surface area contributed by atoms with Gasteiger partial charge in [-0.05, 0) is 56.5 Å². The smallest absolute Gasteiger partial charge is 0.405 e. The van der Waals surface area contributed by atoms with Crippen LogP contribution in [0, 0.1) is 0 Å². The largest absolute Gasteiger partial charge is 0.465 e. The lowest BCUT2D eigenvalue weighted by atomic mass is 10.0. The molecule has 0 saturated carbocycles. The summed E-state index contributed by atoms with van der Waals surface area (Å²) < 4.78 is 5.68. The molecule has 3 N–H and O–H groups in total. The summed E-state index contributed by atoms with van der Waals surface area (Å²) in [6.07, 6.45) is -0.516. The molecule has 1 aliphatic rings. The Kier molecular flexibility index (Phi) is 9.64. The monoisotopic (exact) mass is 630 g/mol. The number of hydrogen-bond donors (Lipinski definition) is 3. The third kappa shape index (κ3) is 7.95. The molecule has 11 nitrogen and oxygen atoms in total. The molecule has 1 fully saturated rings. The second kappa shape index (κ2) is 13.6. The van der Waals surface area contributed by atoms with Gasteiger partial charge in [0.15, 0.2) is 0 Å². The van der Waals surface area contributed by atoms with E-state index in [1.54, 1.807) is 0 Å². The Labute approximate surface area is 266 Å². The van der Waals surface area contributed by atoms with E-state index in [-0.39, 0.29) is 18.5 Å².